The first-order chi connectivity index (χ1) is 9.70. The lowest BCUT2D eigenvalue weighted by Gasteiger charge is -2.20. The van der Waals surface area contributed by atoms with Crippen molar-refractivity contribution in [1.82, 2.24) is 10.3 Å². The average Bonchev–Trinajstić information content (AvgIpc) is 2.53. The summed E-state index contributed by atoms with van der Waals surface area (Å²) in [6, 6.07) is 13.3. The van der Waals surface area contributed by atoms with Gasteiger partial charge in [-0.05, 0) is 55.8 Å². The molecule has 3 nitrogen and oxygen atoms in total. The lowest BCUT2D eigenvalue weighted by atomic mass is 10.1. The minimum atomic E-state index is 0.395. The van der Waals surface area contributed by atoms with Crippen LogP contribution in [0.1, 0.15) is 24.1 Å². The first-order valence-electron chi connectivity index (χ1n) is 7.08. The Hall–Kier alpha value is -1.87. The van der Waals surface area contributed by atoms with Crippen LogP contribution in [0.4, 0.5) is 5.69 Å². The number of benzene rings is 1. The van der Waals surface area contributed by atoms with Gasteiger partial charge in [0.2, 0.25) is 0 Å². The molecule has 1 aromatic heterocycles. The smallest absolute Gasteiger partial charge is 0.0363 e. The van der Waals surface area contributed by atoms with E-state index in [1.54, 1.807) is 0 Å². The average molecular weight is 269 g/mol. The van der Waals surface area contributed by atoms with Gasteiger partial charge in [0.15, 0.2) is 0 Å². The van der Waals surface area contributed by atoms with E-state index in [1.165, 1.54) is 16.8 Å². The van der Waals surface area contributed by atoms with E-state index in [0.717, 1.165) is 13.0 Å². The normalized spacial score (nSPS) is 12.2. The quantitative estimate of drug-likeness (QED) is 0.873. The van der Waals surface area contributed by atoms with E-state index < -0.39 is 0 Å². The van der Waals surface area contributed by atoms with Gasteiger partial charge in [0.1, 0.15) is 0 Å². The van der Waals surface area contributed by atoms with Gasteiger partial charge < -0.3 is 10.2 Å². The summed E-state index contributed by atoms with van der Waals surface area (Å²) >= 11 is 0. The molecule has 0 radical (unpaired) electrons. The third-order valence-corrected chi connectivity index (χ3v) is 3.75. The van der Waals surface area contributed by atoms with Crippen molar-refractivity contribution >= 4 is 5.69 Å². The Kier molecular flexibility index (Phi) is 5.13. The number of rotatable bonds is 6. The third-order valence-electron chi connectivity index (χ3n) is 3.75. The van der Waals surface area contributed by atoms with Crippen LogP contribution < -0.4 is 10.2 Å². The van der Waals surface area contributed by atoms with Gasteiger partial charge in [0, 0.05) is 37.7 Å². The van der Waals surface area contributed by atoms with Crippen LogP contribution in [-0.2, 0) is 6.42 Å². The maximum absolute atomic E-state index is 4.05. The monoisotopic (exact) mass is 269 g/mol. The molecule has 2 aromatic rings. The summed E-state index contributed by atoms with van der Waals surface area (Å²) in [5.74, 6) is 0. The van der Waals surface area contributed by atoms with E-state index in [0.29, 0.717) is 6.04 Å². The standard InChI is InChI=1S/C17H23N3/c1-14(18-2)16-4-6-17(7-5-16)20(3)13-10-15-8-11-19-12-9-15/h4-9,11-12,14,18H,10,13H2,1-3H3. The summed E-state index contributed by atoms with van der Waals surface area (Å²) in [6.07, 6.45) is 4.74. The molecule has 0 bridgehead atoms. The minimum absolute atomic E-state index is 0.395. The molecule has 106 valence electrons. The Labute approximate surface area is 121 Å². The van der Waals surface area contributed by atoms with E-state index >= 15 is 0 Å². The lowest BCUT2D eigenvalue weighted by Crippen LogP contribution is -2.20. The zero-order chi connectivity index (χ0) is 14.4. The maximum atomic E-state index is 4.05. The van der Waals surface area contributed by atoms with Gasteiger partial charge in [-0.3, -0.25) is 4.98 Å². The predicted octanol–water partition coefficient (Wildman–Crippen LogP) is 3.04. The molecule has 0 saturated heterocycles. The van der Waals surface area contributed by atoms with Crippen molar-refractivity contribution in [3.8, 4) is 0 Å². The molecule has 0 amide bonds. The van der Waals surface area contributed by atoms with Crippen molar-refractivity contribution in [1.29, 1.82) is 0 Å². The number of nitrogens with one attached hydrogen (secondary N) is 1. The van der Waals surface area contributed by atoms with Crippen LogP contribution in [0.3, 0.4) is 0 Å². The molecule has 2 rings (SSSR count). The molecule has 0 spiro atoms. The summed E-state index contributed by atoms with van der Waals surface area (Å²) in [4.78, 5) is 6.33. The number of aromatic nitrogens is 1. The Morgan fingerprint density at radius 3 is 2.35 bits per heavy atom. The molecule has 0 aliphatic heterocycles. The minimum Gasteiger partial charge on any atom is -0.374 e. The molecular weight excluding hydrogens is 246 g/mol. The van der Waals surface area contributed by atoms with Crippen LogP contribution in [0, 0.1) is 0 Å². The number of likely N-dealkylation sites (N-methyl/N-ethyl adjacent to an activating group) is 1. The van der Waals surface area contributed by atoms with Crippen LogP contribution >= 0.6 is 0 Å². The highest BCUT2D eigenvalue weighted by Crippen LogP contribution is 2.18. The van der Waals surface area contributed by atoms with Gasteiger partial charge in [-0.25, -0.2) is 0 Å². The Morgan fingerprint density at radius 1 is 1.10 bits per heavy atom. The van der Waals surface area contributed by atoms with Gasteiger partial charge in [-0.2, -0.15) is 0 Å². The number of hydrogen-bond acceptors (Lipinski definition) is 3. The molecule has 1 unspecified atom stereocenters. The molecule has 1 atom stereocenters. The number of hydrogen-bond donors (Lipinski definition) is 1. The summed E-state index contributed by atoms with van der Waals surface area (Å²) < 4.78 is 0. The predicted molar refractivity (Wildman–Crippen MR) is 85.1 cm³/mol. The van der Waals surface area contributed by atoms with Crippen LogP contribution in [0.2, 0.25) is 0 Å². The van der Waals surface area contributed by atoms with Crippen molar-refractivity contribution in [3.05, 3.63) is 59.9 Å². The summed E-state index contributed by atoms with van der Waals surface area (Å²) in [7, 11) is 4.12. The van der Waals surface area contributed by atoms with Crippen molar-refractivity contribution in [2.24, 2.45) is 0 Å². The molecule has 0 saturated carbocycles. The third kappa shape index (κ3) is 3.81. The van der Waals surface area contributed by atoms with Crippen molar-refractivity contribution in [3.63, 3.8) is 0 Å². The van der Waals surface area contributed by atoms with E-state index in [2.05, 4.69) is 65.6 Å². The number of pyridine rings is 1. The van der Waals surface area contributed by atoms with Gasteiger partial charge in [-0.1, -0.05) is 12.1 Å². The fourth-order valence-electron chi connectivity index (χ4n) is 2.16. The second-order valence-corrected chi connectivity index (χ2v) is 5.13. The molecule has 1 heterocycles. The van der Waals surface area contributed by atoms with E-state index in [1.807, 2.05) is 19.4 Å². The fourth-order valence-corrected chi connectivity index (χ4v) is 2.16. The molecule has 1 aromatic carbocycles. The molecular formula is C17H23N3. The first kappa shape index (κ1) is 14.5. The molecule has 3 heteroatoms. The molecule has 0 aliphatic carbocycles. The largest absolute Gasteiger partial charge is 0.374 e. The van der Waals surface area contributed by atoms with E-state index in [9.17, 15) is 0 Å². The molecule has 0 aliphatic rings. The van der Waals surface area contributed by atoms with Gasteiger partial charge in [0.25, 0.3) is 0 Å². The fraction of sp³-hybridized carbons (Fsp3) is 0.353. The second-order valence-electron chi connectivity index (χ2n) is 5.13. The summed E-state index contributed by atoms with van der Waals surface area (Å²) in [5, 5.41) is 3.26. The van der Waals surface area contributed by atoms with Gasteiger partial charge in [-0.15, -0.1) is 0 Å². The number of nitrogens with zero attached hydrogens (tertiary/aromatic N) is 2. The first-order valence-corrected chi connectivity index (χ1v) is 7.08. The maximum Gasteiger partial charge on any atom is 0.0363 e. The van der Waals surface area contributed by atoms with Crippen LogP contribution in [0.5, 0.6) is 0 Å². The zero-order valence-corrected chi connectivity index (χ0v) is 12.5. The number of anilines is 1. The summed E-state index contributed by atoms with van der Waals surface area (Å²) in [5.41, 5.74) is 3.90. The molecule has 20 heavy (non-hydrogen) atoms. The van der Waals surface area contributed by atoms with Crippen molar-refractivity contribution in [2.75, 3.05) is 25.5 Å². The van der Waals surface area contributed by atoms with Gasteiger partial charge >= 0.3 is 0 Å². The topological polar surface area (TPSA) is 28.2 Å². The lowest BCUT2D eigenvalue weighted by molar-refractivity contribution is 0.652. The summed E-state index contributed by atoms with van der Waals surface area (Å²) in [6.45, 7) is 3.17. The highest BCUT2D eigenvalue weighted by Gasteiger charge is 2.04. The Balaban J connectivity index is 1.94. The van der Waals surface area contributed by atoms with Crippen LogP contribution in [-0.4, -0.2) is 25.6 Å². The van der Waals surface area contributed by atoms with Crippen molar-refractivity contribution in [2.45, 2.75) is 19.4 Å². The highest BCUT2D eigenvalue weighted by atomic mass is 15.1. The second kappa shape index (κ2) is 7.06. The highest BCUT2D eigenvalue weighted by molar-refractivity contribution is 5.47. The van der Waals surface area contributed by atoms with Crippen molar-refractivity contribution < 1.29 is 0 Å². The van der Waals surface area contributed by atoms with E-state index in [4.69, 9.17) is 0 Å². The van der Waals surface area contributed by atoms with Gasteiger partial charge in [0.05, 0.1) is 0 Å². The molecule has 1 N–H and O–H groups in total. The SMILES string of the molecule is CNC(C)c1ccc(N(C)CCc2ccncc2)cc1. The van der Waals surface area contributed by atoms with Crippen LogP contribution in [0.25, 0.3) is 0 Å². The van der Waals surface area contributed by atoms with Crippen LogP contribution in [0.15, 0.2) is 48.8 Å². The zero-order valence-electron chi connectivity index (χ0n) is 12.5. The molecule has 0 fully saturated rings. The Bertz CT molecular complexity index is 508. The van der Waals surface area contributed by atoms with E-state index in [-0.39, 0.29) is 0 Å². The Morgan fingerprint density at radius 2 is 1.75 bits per heavy atom.